The fraction of sp³-hybridized carbons (Fsp3) is 0.159. The first-order chi connectivity index (χ1) is 28.0. The molecule has 8 aromatic rings. The molecule has 0 aliphatic heterocycles. The van der Waals surface area contributed by atoms with E-state index in [9.17, 15) is 4.79 Å². The van der Waals surface area contributed by atoms with Crippen LogP contribution in [-0.4, -0.2) is 71.0 Å². The molecule has 6 aromatic heterocycles. The molecule has 8 rings (SSSR count). The number of aromatic nitrogens is 8. The highest BCUT2D eigenvalue weighted by Crippen LogP contribution is 2.25. The standard InChI is InChI=1S/C23H22N6O.C21H20N6/c1-16(30)27-19(13-17-5-3-2-4-6-17)14-26-23-20-9-12-25-15-21(20)28-22(29-23)18-7-10-24-11-8-18;22-17(12-15-4-2-1-3-5-15)13-25-21-18-8-11-24-14-19(18)26-20(27-21)16-6-9-23-10-7-16/h2-12,15,19H,13-14H2,1H3,(H,27,30)(H,26,28,29);1-11,14,17H,12-13,22H2,(H,25,26,27)/t19-;17-/m00/s1. The number of nitrogens with two attached hydrogens (primary N) is 1. The lowest BCUT2D eigenvalue weighted by Crippen LogP contribution is -2.40. The van der Waals surface area contributed by atoms with E-state index in [1.807, 2.05) is 72.8 Å². The van der Waals surface area contributed by atoms with Crippen LogP contribution in [0.5, 0.6) is 0 Å². The minimum atomic E-state index is -0.0823. The van der Waals surface area contributed by atoms with Crippen molar-refractivity contribution in [3.63, 3.8) is 0 Å². The van der Waals surface area contributed by atoms with Gasteiger partial charge in [0, 0.05) is 85.1 Å². The van der Waals surface area contributed by atoms with Gasteiger partial charge in [-0.3, -0.25) is 24.7 Å². The lowest BCUT2D eigenvalue weighted by molar-refractivity contribution is -0.119. The van der Waals surface area contributed by atoms with Crippen molar-refractivity contribution < 1.29 is 4.79 Å². The maximum Gasteiger partial charge on any atom is 0.217 e. The third-order valence-corrected chi connectivity index (χ3v) is 9.00. The number of anilines is 2. The van der Waals surface area contributed by atoms with Gasteiger partial charge in [0.2, 0.25) is 5.91 Å². The Kier molecular flexibility index (Phi) is 12.6. The molecular formula is C44H42N12O. The molecule has 0 saturated heterocycles. The summed E-state index contributed by atoms with van der Waals surface area (Å²) >= 11 is 0. The number of nitrogens with zero attached hydrogens (tertiary/aromatic N) is 8. The van der Waals surface area contributed by atoms with Crippen LogP contribution in [0.15, 0.2) is 147 Å². The van der Waals surface area contributed by atoms with E-state index in [0.29, 0.717) is 30.6 Å². The highest BCUT2D eigenvalue weighted by molar-refractivity contribution is 5.91. The van der Waals surface area contributed by atoms with Crippen molar-refractivity contribution in [1.82, 2.24) is 45.2 Å². The van der Waals surface area contributed by atoms with Crippen molar-refractivity contribution in [1.29, 1.82) is 0 Å². The Morgan fingerprint density at radius 1 is 0.561 bits per heavy atom. The van der Waals surface area contributed by atoms with Crippen LogP contribution in [0.4, 0.5) is 11.6 Å². The quantitative estimate of drug-likeness (QED) is 0.103. The van der Waals surface area contributed by atoms with Gasteiger partial charge in [-0.05, 0) is 60.4 Å². The van der Waals surface area contributed by atoms with E-state index in [1.54, 1.807) is 49.6 Å². The van der Waals surface area contributed by atoms with Crippen LogP contribution in [0.2, 0.25) is 0 Å². The number of fused-ring (bicyclic) bond motifs is 2. The number of amides is 1. The molecule has 2 atom stereocenters. The van der Waals surface area contributed by atoms with Crippen LogP contribution in [0.3, 0.4) is 0 Å². The third kappa shape index (κ3) is 10.5. The lowest BCUT2D eigenvalue weighted by Gasteiger charge is -2.20. The van der Waals surface area contributed by atoms with Crippen molar-refractivity contribution in [3.8, 4) is 22.8 Å². The predicted molar refractivity (Wildman–Crippen MR) is 224 cm³/mol. The Bertz CT molecular complexity index is 2510. The molecule has 2 aromatic carbocycles. The van der Waals surface area contributed by atoms with E-state index in [4.69, 9.17) is 15.7 Å². The number of benzene rings is 2. The van der Waals surface area contributed by atoms with E-state index in [0.717, 1.165) is 57.2 Å². The first-order valence-electron chi connectivity index (χ1n) is 18.6. The topological polar surface area (TPSA) is 182 Å². The Hall–Kier alpha value is -7.25. The molecule has 284 valence electrons. The van der Waals surface area contributed by atoms with E-state index >= 15 is 0 Å². The summed E-state index contributed by atoms with van der Waals surface area (Å²) in [5.74, 6) is 2.64. The summed E-state index contributed by atoms with van der Waals surface area (Å²) in [5.41, 5.74) is 12.0. The lowest BCUT2D eigenvalue weighted by atomic mass is 10.1. The molecule has 6 heterocycles. The number of hydrogen-bond acceptors (Lipinski definition) is 12. The van der Waals surface area contributed by atoms with Gasteiger partial charge in [-0.25, -0.2) is 19.9 Å². The summed E-state index contributed by atoms with van der Waals surface area (Å²) < 4.78 is 0. The molecular weight excluding hydrogens is 713 g/mol. The van der Waals surface area contributed by atoms with Crippen molar-refractivity contribution in [2.45, 2.75) is 31.8 Å². The summed E-state index contributed by atoms with van der Waals surface area (Å²) in [4.78, 5) is 46.9. The molecule has 0 radical (unpaired) electrons. The van der Waals surface area contributed by atoms with Crippen LogP contribution < -0.4 is 21.7 Å². The van der Waals surface area contributed by atoms with E-state index < -0.39 is 0 Å². The van der Waals surface area contributed by atoms with E-state index in [-0.39, 0.29) is 18.0 Å². The van der Waals surface area contributed by atoms with Gasteiger partial charge in [-0.1, -0.05) is 60.7 Å². The van der Waals surface area contributed by atoms with Gasteiger partial charge in [0.05, 0.1) is 29.5 Å². The van der Waals surface area contributed by atoms with Gasteiger partial charge >= 0.3 is 0 Å². The SMILES string of the molecule is CC(=O)N[C@H](CNc1nc(-c2ccncc2)nc2cnccc12)Cc1ccccc1.N[C@H](CNc1nc(-c2ccncc2)nc2cnccc12)Cc1ccccc1. The molecule has 0 unspecified atom stereocenters. The number of pyridine rings is 4. The molecule has 0 aliphatic rings. The smallest absolute Gasteiger partial charge is 0.217 e. The largest absolute Gasteiger partial charge is 0.368 e. The number of carbonyl (C=O) groups excluding carboxylic acids is 1. The zero-order valence-electron chi connectivity index (χ0n) is 31.4. The van der Waals surface area contributed by atoms with Gasteiger partial charge in [0.1, 0.15) is 11.6 Å². The number of carbonyl (C=O) groups is 1. The minimum Gasteiger partial charge on any atom is -0.368 e. The Morgan fingerprint density at radius 2 is 1.02 bits per heavy atom. The van der Waals surface area contributed by atoms with Gasteiger partial charge < -0.3 is 21.7 Å². The second kappa shape index (κ2) is 18.9. The molecule has 0 fully saturated rings. The normalized spacial score (nSPS) is 11.9. The first kappa shape index (κ1) is 38.0. The monoisotopic (exact) mass is 754 g/mol. The average Bonchev–Trinajstić information content (AvgIpc) is 3.26. The fourth-order valence-electron chi connectivity index (χ4n) is 6.29. The van der Waals surface area contributed by atoms with Crippen LogP contribution in [0, 0.1) is 0 Å². The Labute approximate surface area is 330 Å². The summed E-state index contributed by atoms with van der Waals surface area (Å²) in [6.45, 7) is 2.67. The summed E-state index contributed by atoms with van der Waals surface area (Å²) in [6.07, 6.45) is 15.3. The maximum atomic E-state index is 11.7. The molecule has 13 heteroatoms. The van der Waals surface area contributed by atoms with Gasteiger partial charge in [0.25, 0.3) is 0 Å². The van der Waals surface area contributed by atoms with Crippen molar-refractivity contribution in [2.75, 3.05) is 23.7 Å². The van der Waals surface area contributed by atoms with Crippen LogP contribution in [0.1, 0.15) is 18.1 Å². The van der Waals surface area contributed by atoms with Crippen LogP contribution in [-0.2, 0) is 17.6 Å². The molecule has 0 spiro atoms. The van der Waals surface area contributed by atoms with Gasteiger partial charge in [0.15, 0.2) is 11.6 Å². The van der Waals surface area contributed by atoms with Crippen LogP contribution >= 0.6 is 0 Å². The predicted octanol–water partition coefficient (Wildman–Crippen LogP) is 6.31. The van der Waals surface area contributed by atoms with E-state index in [1.165, 1.54) is 12.5 Å². The summed E-state index contributed by atoms with van der Waals surface area (Å²) in [5, 5.41) is 11.6. The Morgan fingerprint density at radius 3 is 1.51 bits per heavy atom. The molecule has 5 N–H and O–H groups in total. The molecule has 0 aliphatic carbocycles. The molecule has 0 saturated carbocycles. The molecule has 1 amide bonds. The van der Waals surface area contributed by atoms with Crippen molar-refractivity contribution in [2.24, 2.45) is 5.73 Å². The maximum absolute atomic E-state index is 11.7. The number of hydrogen-bond donors (Lipinski definition) is 4. The van der Waals surface area contributed by atoms with Crippen molar-refractivity contribution in [3.05, 3.63) is 158 Å². The average molecular weight is 755 g/mol. The second-order valence-corrected chi connectivity index (χ2v) is 13.3. The van der Waals surface area contributed by atoms with Crippen LogP contribution in [0.25, 0.3) is 44.6 Å². The first-order valence-corrected chi connectivity index (χ1v) is 18.6. The second-order valence-electron chi connectivity index (χ2n) is 13.3. The van der Waals surface area contributed by atoms with Gasteiger partial charge in [-0.2, -0.15) is 0 Å². The third-order valence-electron chi connectivity index (χ3n) is 9.00. The van der Waals surface area contributed by atoms with Gasteiger partial charge in [-0.15, -0.1) is 0 Å². The number of rotatable bonds is 13. The zero-order valence-corrected chi connectivity index (χ0v) is 31.4. The van der Waals surface area contributed by atoms with E-state index in [2.05, 4.69) is 70.1 Å². The zero-order chi connectivity index (χ0) is 39.2. The molecule has 13 nitrogen and oxygen atoms in total. The minimum absolute atomic E-state index is 0.0244. The fourth-order valence-corrected chi connectivity index (χ4v) is 6.29. The highest BCUT2D eigenvalue weighted by atomic mass is 16.1. The molecule has 0 bridgehead atoms. The van der Waals surface area contributed by atoms with Crippen molar-refractivity contribution >= 4 is 39.3 Å². The molecule has 57 heavy (non-hydrogen) atoms. The summed E-state index contributed by atoms with van der Waals surface area (Å²) in [6, 6.07) is 31.6. The highest BCUT2D eigenvalue weighted by Gasteiger charge is 2.15. The number of nitrogens with one attached hydrogen (secondary N) is 3. The Balaban J connectivity index is 0.000000175. The summed E-state index contributed by atoms with van der Waals surface area (Å²) in [7, 11) is 0.